The Balaban J connectivity index is 2.38. The molecule has 20 heavy (non-hydrogen) atoms. The highest BCUT2D eigenvalue weighted by atomic mass is 19.1. The SMILES string of the molecule is CC(N)(O)OB(c1ccc(F)cc1)c1ccc(F)cc1. The van der Waals surface area contributed by atoms with Gasteiger partial charge in [0.25, 0.3) is 0 Å². The minimum absolute atomic E-state index is 0.383. The number of hydrogen-bond acceptors (Lipinski definition) is 3. The molecular formula is C14H14BF2NO2. The van der Waals surface area contributed by atoms with E-state index in [-0.39, 0.29) is 11.6 Å². The summed E-state index contributed by atoms with van der Waals surface area (Å²) in [5.74, 6) is -2.63. The molecule has 3 nitrogen and oxygen atoms in total. The molecule has 1 atom stereocenters. The lowest BCUT2D eigenvalue weighted by Crippen LogP contribution is -2.54. The first-order chi connectivity index (χ1) is 9.35. The summed E-state index contributed by atoms with van der Waals surface area (Å²) in [7, 11) is 0. The van der Waals surface area contributed by atoms with Crippen molar-refractivity contribution in [3.8, 4) is 0 Å². The zero-order valence-electron chi connectivity index (χ0n) is 10.9. The molecule has 2 rings (SSSR count). The van der Waals surface area contributed by atoms with Gasteiger partial charge in [0.05, 0.1) is 0 Å². The van der Waals surface area contributed by atoms with Gasteiger partial charge in [-0.3, -0.25) is 5.73 Å². The van der Waals surface area contributed by atoms with Gasteiger partial charge in [0, 0.05) is 6.92 Å². The summed E-state index contributed by atoms with van der Waals surface area (Å²) in [6.45, 7) is 0.559. The van der Waals surface area contributed by atoms with E-state index in [1.807, 2.05) is 0 Å². The zero-order valence-corrected chi connectivity index (χ0v) is 10.9. The van der Waals surface area contributed by atoms with Crippen LogP contribution in [0.1, 0.15) is 6.92 Å². The Morgan fingerprint density at radius 2 is 1.30 bits per heavy atom. The fourth-order valence-corrected chi connectivity index (χ4v) is 1.84. The molecule has 0 saturated heterocycles. The maximum absolute atomic E-state index is 13.0. The molecule has 1 unspecified atom stereocenters. The van der Waals surface area contributed by atoms with E-state index < -0.39 is 12.8 Å². The van der Waals surface area contributed by atoms with Crippen molar-refractivity contribution in [2.75, 3.05) is 0 Å². The molecule has 0 amide bonds. The number of nitrogens with two attached hydrogens (primary N) is 1. The lowest BCUT2D eigenvalue weighted by atomic mass is 9.55. The van der Waals surface area contributed by atoms with Crippen molar-refractivity contribution in [2.45, 2.75) is 12.8 Å². The Kier molecular flexibility index (Phi) is 4.18. The maximum Gasteiger partial charge on any atom is 0.365 e. The van der Waals surface area contributed by atoms with Crippen LogP contribution in [0.25, 0.3) is 0 Å². The topological polar surface area (TPSA) is 55.5 Å². The molecule has 0 aliphatic carbocycles. The number of halogens is 2. The van der Waals surface area contributed by atoms with Crippen LogP contribution in [0.3, 0.4) is 0 Å². The highest BCUT2D eigenvalue weighted by molar-refractivity contribution is 6.80. The Bertz CT molecular complexity index is 522. The Morgan fingerprint density at radius 3 is 1.60 bits per heavy atom. The standard InChI is InChI=1S/C14H14BF2NO2/c1-14(18,19)20-15(10-2-6-12(16)7-3-10)11-4-8-13(17)9-5-11/h2-9,19H,18H2,1H3. The van der Waals surface area contributed by atoms with Crippen LogP contribution >= 0.6 is 0 Å². The second kappa shape index (κ2) is 5.70. The van der Waals surface area contributed by atoms with E-state index in [0.29, 0.717) is 10.9 Å². The number of benzene rings is 2. The quantitative estimate of drug-likeness (QED) is 0.639. The lowest BCUT2D eigenvalue weighted by molar-refractivity contribution is -0.116. The van der Waals surface area contributed by atoms with Gasteiger partial charge >= 0.3 is 6.92 Å². The van der Waals surface area contributed by atoms with Crippen LogP contribution in [0.2, 0.25) is 0 Å². The lowest BCUT2D eigenvalue weighted by Gasteiger charge is -2.24. The van der Waals surface area contributed by atoms with Crippen LogP contribution in [0.4, 0.5) is 8.78 Å². The van der Waals surface area contributed by atoms with Gasteiger partial charge in [-0.15, -0.1) is 0 Å². The summed E-state index contributed by atoms with van der Waals surface area (Å²) in [5.41, 5.74) is 6.66. The van der Waals surface area contributed by atoms with E-state index in [4.69, 9.17) is 10.4 Å². The first-order valence-electron chi connectivity index (χ1n) is 6.05. The van der Waals surface area contributed by atoms with Crippen LogP contribution < -0.4 is 16.7 Å². The van der Waals surface area contributed by atoms with Crippen LogP contribution in [0.5, 0.6) is 0 Å². The van der Waals surface area contributed by atoms with Crippen molar-refractivity contribution in [1.82, 2.24) is 0 Å². The monoisotopic (exact) mass is 277 g/mol. The van der Waals surface area contributed by atoms with Gasteiger partial charge in [0.1, 0.15) is 11.6 Å². The molecule has 2 aromatic rings. The molecule has 0 bridgehead atoms. The van der Waals surface area contributed by atoms with Crippen molar-refractivity contribution in [3.05, 3.63) is 60.2 Å². The first-order valence-corrected chi connectivity index (χ1v) is 6.05. The molecule has 2 aromatic carbocycles. The number of hydrogen-bond donors (Lipinski definition) is 2. The van der Waals surface area contributed by atoms with Gasteiger partial charge < -0.3 is 9.76 Å². The fraction of sp³-hybridized carbons (Fsp3) is 0.143. The molecule has 0 radical (unpaired) electrons. The van der Waals surface area contributed by atoms with Gasteiger partial charge in [-0.05, 0) is 35.2 Å². The second-order valence-corrected chi connectivity index (χ2v) is 4.66. The van der Waals surface area contributed by atoms with Crippen molar-refractivity contribution < 1.29 is 18.5 Å². The predicted octanol–water partition coefficient (Wildman–Crippen LogP) is 0.712. The van der Waals surface area contributed by atoms with Crippen molar-refractivity contribution >= 4 is 17.8 Å². The minimum Gasteiger partial charge on any atom is -0.388 e. The summed E-state index contributed by atoms with van der Waals surface area (Å²) in [4.78, 5) is 0. The van der Waals surface area contributed by atoms with Crippen molar-refractivity contribution in [1.29, 1.82) is 0 Å². The summed E-state index contributed by atoms with van der Waals surface area (Å²) < 4.78 is 31.3. The van der Waals surface area contributed by atoms with E-state index in [0.717, 1.165) is 0 Å². The molecular weight excluding hydrogens is 263 g/mol. The molecule has 104 valence electrons. The third-order valence-electron chi connectivity index (χ3n) is 2.70. The smallest absolute Gasteiger partial charge is 0.365 e. The maximum atomic E-state index is 13.0. The van der Waals surface area contributed by atoms with Gasteiger partial charge in [0.15, 0.2) is 0 Å². The Labute approximate surface area is 116 Å². The molecule has 6 heteroatoms. The third-order valence-corrected chi connectivity index (χ3v) is 2.70. The Morgan fingerprint density at radius 1 is 0.950 bits per heavy atom. The van der Waals surface area contributed by atoms with Crippen LogP contribution in [-0.4, -0.2) is 17.9 Å². The number of aliphatic hydroxyl groups is 1. The van der Waals surface area contributed by atoms with E-state index in [2.05, 4.69) is 0 Å². The molecule has 0 saturated carbocycles. The van der Waals surface area contributed by atoms with Gasteiger partial charge in [-0.2, -0.15) is 0 Å². The number of rotatable bonds is 4. The van der Waals surface area contributed by atoms with Crippen molar-refractivity contribution in [2.24, 2.45) is 5.73 Å². The average molecular weight is 277 g/mol. The van der Waals surface area contributed by atoms with E-state index in [1.165, 1.54) is 55.5 Å². The summed E-state index contributed by atoms with van der Waals surface area (Å²) in [6, 6.07) is 11.2. The van der Waals surface area contributed by atoms with E-state index in [1.54, 1.807) is 0 Å². The third kappa shape index (κ3) is 3.87. The van der Waals surface area contributed by atoms with Gasteiger partial charge in [-0.1, -0.05) is 24.3 Å². The summed E-state index contributed by atoms with van der Waals surface area (Å²) in [6.07, 6.45) is 0. The van der Waals surface area contributed by atoms with E-state index in [9.17, 15) is 13.9 Å². The predicted molar refractivity (Wildman–Crippen MR) is 73.7 cm³/mol. The summed E-state index contributed by atoms with van der Waals surface area (Å²) >= 11 is 0. The normalized spacial score (nSPS) is 13.8. The molecule has 0 spiro atoms. The van der Waals surface area contributed by atoms with Crippen molar-refractivity contribution in [3.63, 3.8) is 0 Å². The fourth-order valence-electron chi connectivity index (χ4n) is 1.84. The molecule has 0 aliphatic heterocycles. The second-order valence-electron chi connectivity index (χ2n) is 4.66. The minimum atomic E-state index is -1.87. The summed E-state index contributed by atoms with van der Waals surface area (Å²) in [5, 5.41) is 9.63. The zero-order chi connectivity index (χ0) is 14.8. The van der Waals surface area contributed by atoms with E-state index >= 15 is 0 Å². The van der Waals surface area contributed by atoms with Gasteiger partial charge in [0.2, 0.25) is 5.91 Å². The highest BCUT2D eigenvalue weighted by Crippen LogP contribution is 2.04. The molecule has 0 fully saturated rings. The van der Waals surface area contributed by atoms with Gasteiger partial charge in [-0.25, -0.2) is 8.78 Å². The Hall–Kier alpha value is -1.76. The molecule has 0 heterocycles. The highest BCUT2D eigenvalue weighted by Gasteiger charge is 2.28. The first kappa shape index (κ1) is 14.6. The molecule has 0 aromatic heterocycles. The average Bonchev–Trinajstić information content (AvgIpc) is 2.37. The molecule has 0 aliphatic rings. The molecule has 3 N–H and O–H groups in total. The largest absolute Gasteiger partial charge is 0.388 e. The van der Waals surface area contributed by atoms with Crippen LogP contribution in [-0.2, 0) is 4.65 Å². The van der Waals surface area contributed by atoms with Crippen LogP contribution in [0.15, 0.2) is 48.5 Å². The van der Waals surface area contributed by atoms with Crippen LogP contribution in [0, 0.1) is 11.6 Å².